The molecule has 2 rings (SSSR count). The van der Waals surface area contributed by atoms with Crippen molar-refractivity contribution in [3.8, 4) is 11.5 Å². The molecule has 5 heteroatoms. The summed E-state index contributed by atoms with van der Waals surface area (Å²) in [6.45, 7) is 6.18. The summed E-state index contributed by atoms with van der Waals surface area (Å²) in [6.07, 6.45) is 0. The van der Waals surface area contributed by atoms with Gasteiger partial charge in [0, 0.05) is 11.3 Å². The monoisotopic (exact) mass is 423 g/mol. The number of methoxy groups -OCH3 is 1. The third-order valence-corrected chi connectivity index (χ3v) is 3.85. The van der Waals surface area contributed by atoms with Crippen molar-refractivity contribution in [1.29, 1.82) is 0 Å². The maximum absolute atomic E-state index is 12.3. The van der Waals surface area contributed by atoms with Crippen LogP contribution in [0.15, 0.2) is 54.6 Å². The molecule has 120 valence electrons. The maximum Gasteiger partial charge on any atom is 0.255 e. The van der Waals surface area contributed by atoms with Gasteiger partial charge in [-0.25, -0.2) is 0 Å². The summed E-state index contributed by atoms with van der Waals surface area (Å²) in [5.41, 5.74) is 2.25. The first-order valence-electron chi connectivity index (χ1n) is 7.01. The highest BCUT2D eigenvalue weighted by Crippen LogP contribution is 2.22. The van der Waals surface area contributed by atoms with Gasteiger partial charge in [0.05, 0.1) is 10.7 Å². The molecule has 0 saturated carbocycles. The average Bonchev–Trinajstić information content (AvgIpc) is 2.54. The highest BCUT2D eigenvalue weighted by molar-refractivity contribution is 14.1. The Kier molecular flexibility index (Phi) is 6.04. The van der Waals surface area contributed by atoms with Crippen LogP contribution in [0, 0.1) is 3.57 Å². The maximum atomic E-state index is 12.3. The lowest BCUT2D eigenvalue weighted by atomic mass is 10.2. The summed E-state index contributed by atoms with van der Waals surface area (Å²) in [6, 6.07) is 12.6. The molecule has 0 aromatic heterocycles. The molecule has 0 aliphatic carbocycles. The van der Waals surface area contributed by atoms with Crippen molar-refractivity contribution in [2.75, 3.05) is 19.0 Å². The summed E-state index contributed by atoms with van der Waals surface area (Å²) in [4.78, 5) is 12.3. The molecule has 0 aliphatic heterocycles. The van der Waals surface area contributed by atoms with Crippen LogP contribution in [0.4, 0.5) is 5.69 Å². The molecule has 0 atom stereocenters. The lowest BCUT2D eigenvalue weighted by molar-refractivity contribution is 0.102. The van der Waals surface area contributed by atoms with E-state index in [1.165, 1.54) is 0 Å². The zero-order valence-electron chi connectivity index (χ0n) is 13.1. The van der Waals surface area contributed by atoms with Crippen molar-refractivity contribution >= 4 is 34.2 Å². The van der Waals surface area contributed by atoms with Gasteiger partial charge < -0.3 is 14.8 Å². The van der Waals surface area contributed by atoms with Gasteiger partial charge in [-0.1, -0.05) is 6.58 Å². The molecule has 0 unspecified atom stereocenters. The highest BCUT2D eigenvalue weighted by atomic mass is 127. The van der Waals surface area contributed by atoms with Crippen molar-refractivity contribution in [2.24, 2.45) is 0 Å². The van der Waals surface area contributed by atoms with Gasteiger partial charge in [0.1, 0.15) is 18.1 Å². The van der Waals surface area contributed by atoms with Gasteiger partial charge in [0.15, 0.2) is 0 Å². The minimum absolute atomic E-state index is 0.166. The number of rotatable bonds is 6. The van der Waals surface area contributed by atoms with Crippen LogP contribution in [0.5, 0.6) is 11.5 Å². The molecule has 0 spiro atoms. The molecule has 0 fully saturated rings. The van der Waals surface area contributed by atoms with Crippen LogP contribution >= 0.6 is 22.6 Å². The molecule has 2 aromatic rings. The summed E-state index contributed by atoms with van der Waals surface area (Å²) in [7, 11) is 1.61. The zero-order chi connectivity index (χ0) is 16.8. The molecular formula is C18H18INO3. The van der Waals surface area contributed by atoms with Crippen LogP contribution < -0.4 is 14.8 Å². The fourth-order valence-corrected chi connectivity index (χ4v) is 2.59. The van der Waals surface area contributed by atoms with E-state index in [2.05, 4.69) is 34.5 Å². The minimum atomic E-state index is -0.166. The van der Waals surface area contributed by atoms with E-state index in [0.717, 1.165) is 20.6 Å². The number of anilines is 1. The molecular weight excluding hydrogens is 405 g/mol. The van der Waals surface area contributed by atoms with Gasteiger partial charge in [-0.3, -0.25) is 4.79 Å². The minimum Gasteiger partial charge on any atom is -0.496 e. The zero-order valence-corrected chi connectivity index (χ0v) is 15.2. The SMILES string of the molecule is C=C(C)COc1ccc(NC(=O)c2ccc(OC)c(I)c2)cc1. The van der Waals surface area contributed by atoms with Crippen LogP contribution in [0.25, 0.3) is 0 Å². The van der Waals surface area contributed by atoms with Crippen molar-refractivity contribution < 1.29 is 14.3 Å². The van der Waals surface area contributed by atoms with E-state index < -0.39 is 0 Å². The largest absolute Gasteiger partial charge is 0.496 e. The number of carbonyl (C=O) groups excluding carboxylic acids is 1. The van der Waals surface area contributed by atoms with Gasteiger partial charge in [0.25, 0.3) is 5.91 Å². The van der Waals surface area contributed by atoms with Gasteiger partial charge in [-0.15, -0.1) is 0 Å². The lowest BCUT2D eigenvalue weighted by Gasteiger charge is -2.09. The number of hydrogen-bond donors (Lipinski definition) is 1. The molecule has 2 aromatic carbocycles. The van der Waals surface area contributed by atoms with Crippen molar-refractivity contribution in [3.63, 3.8) is 0 Å². The Bertz CT molecular complexity index is 711. The number of benzene rings is 2. The third kappa shape index (κ3) is 4.99. The van der Waals surface area contributed by atoms with Crippen LogP contribution in [-0.4, -0.2) is 19.6 Å². The molecule has 23 heavy (non-hydrogen) atoms. The normalized spacial score (nSPS) is 10.0. The average molecular weight is 423 g/mol. The molecule has 1 N–H and O–H groups in total. The number of ether oxygens (including phenoxy) is 2. The Balaban J connectivity index is 2.02. The molecule has 0 radical (unpaired) electrons. The Morgan fingerprint density at radius 1 is 1.22 bits per heavy atom. The van der Waals surface area contributed by atoms with Gasteiger partial charge in [0.2, 0.25) is 0 Å². The van der Waals surface area contributed by atoms with Gasteiger partial charge in [-0.05, 0) is 77.6 Å². The third-order valence-electron chi connectivity index (χ3n) is 3.01. The highest BCUT2D eigenvalue weighted by Gasteiger charge is 2.09. The van der Waals surface area contributed by atoms with Gasteiger partial charge in [-0.2, -0.15) is 0 Å². The fourth-order valence-electron chi connectivity index (χ4n) is 1.85. The Morgan fingerprint density at radius 3 is 2.48 bits per heavy atom. The van der Waals surface area contributed by atoms with Crippen LogP contribution in [-0.2, 0) is 0 Å². The quantitative estimate of drug-likeness (QED) is 0.550. The van der Waals surface area contributed by atoms with Crippen molar-refractivity contribution in [3.05, 3.63) is 63.8 Å². The van der Waals surface area contributed by atoms with Crippen LogP contribution in [0.2, 0.25) is 0 Å². The number of amides is 1. The Labute approximate surface area is 149 Å². The predicted molar refractivity (Wildman–Crippen MR) is 100 cm³/mol. The Hall–Kier alpha value is -2.02. The summed E-state index contributed by atoms with van der Waals surface area (Å²) in [5, 5.41) is 2.86. The first-order valence-corrected chi connectivity index (χ1v) is 8.09. The molecule has 0 heterocycles. The second-order valence-corrected chi connectivity index (χ2v) is 6.24. The second-order valence-electron chi connectivity index (χ2n) is 5.07. The van der Waals surface area contributed by atoms with E-state index in [4.69, 9.17) is 9.47 Å². The summed E-state index contributed by atoms with van der Waals surface area (Å²) >= 11 is 2.14. The molecule has 0 aliphatic rings. The van der Waals surface area contributed by atoms with Crippen molar-refractivity contribution in [2.45, 2.75) is 6.92 Å². The number of halogens is 1. The predicted octanol–water partition coefficient (Wildman–Crippen LogP) is 4.51. The number of carbonyl (C=O) groups is 1. The van der Waals surface area contributed by atoms with E-state index >= 15 is 0 Å². The van der Waals surface area contributed by atoms with Crippen LogP contribution in [0.1, 0.15) is 17.3 Å². The fraction of sp³-hybridized carbons (Fsp3) is 0.167. The van der Waals surface area contributed by atoms with Crippen LogP contribution in [0.3, 0.4) is 0 Å². The van der Waals surface area contributed by atoms with E-state index in [-0.39, 0.29) is 5.91 Å². The number of nitrogens with one attached hydrogen (secondary N) is 1. The summed E-state index contributed by atoms with van der Waals surface area (Å²) < 4.78 is 11.6. The first-order chi connectivity index (χ1) is 11.0. The van der Waals surface area contributed by atoms with Gasteiger partial charge >= 0.3 is 0 Å². The van der Waals surface area contributed by atoms with E-state index in [9.17, 15) is 4.79 Å². The molecule has 1 amide bonds. The first kappa shape index (κ1) is 17.3. The lowest BCUT2D eigenvalue weighted by Crippen LogP contribution is -2.12. The molecule has 0 saturated heterocycles. The topological polar surface area (TPSA) is 47.6 Å². The summed E-state index contributed by atoms with van der Waals surface area (Å²) in [5.74, 6) is 1.33. The van der Waals surface area contributed by atoms with E-state index in [1.807, 2.05) is 19.1 Å². The number of hydrogen-bond acceptors (Lipinski definition) is 3. The second kappa shape index (κ2) is 8.01. The standard InChI is InChI=1S/C18H18INO3/c1-12(2)11-23-15-7-5-14(6-8-15)20-18(21)13-4-9-17(22-3)16(19)10-13/h4-10H,1,11H2,2-3H3,(H,20,21). The molecule has 0 bridgehead atoms. The van der Waals surface area contributed by atoms with E-state index in [1.54, 1.807) is 37.4 Å². The smallest absolute Gasteiger partial charge is 0.255 e. The van der Waals surface area contributed by atoms with E-state index in [0.29, 0.717) is 17.9 Å². The Morgan fingerprint density at radius 2 is 1.91 bits per heavy atom. The molecule has 4 nitrogen and oxygen atoms in total. The van der Waals surface area contributed by atoms with Crippen molar-refractivity contribution in [1.82, 2.24) is 0 Å².